The van der Waals surface area contributed by atoms with Crippen LogP contribution >= 0.6 is 22.7 Å². The molecule has 1 fully saturated rings. The number of ether oxygens (including phenoxy) is 1. The van der Waals surface area contributed by atoms with Gasteiger partial charge in [-0.1, -0.05) is 6.07 Å². The van der Waals surface area contributed by atoms with Gasteiger partial charge in [-0.25, -0.2) is 4.99 Å². The molecule has 3 aromatic rings. The Morgan fingerprint density at radius 2 is 1.95 bits per heavy atom. The number of benzene rings is 1. The molecule has 0 amide bonds. The van der Waals surface area contributed by atoms with Crippen molar-refractivity contribution in [2.45, 2.75) is 18.9 Å². The van der Waals surface area contributed by atoms with Crippen LogP contribution in [0.1, 0.15) is 18.9 Å². The molecule has 2 heterocycles. The molecule has 3 nitrogen and oxygen atoms in total. The van der Waals surface area contributed by atoms with Gasteiger partial charge in [-0.05, 0) is 48.6 Å². The second-order valence-corrected chi connectivity index (χ2v) is 7.08. The van der Waals surface area contributed by atoms with Gasteiger partial charge in [0.25, 0.3) is 0 Å². The van der Waals surface area contributed by atoms with Gasteiger partial charge in [0.2, 0.25) is 0 Å². The Balaban J connectivity index is 1.79. The Morgan fingerprint density at radius 1 is 1.14 bits per heavy atom. The number of thiophene rings is 1. The zero-order valence-electron chi connectivity index (χ0n) is 12.2. The van der Waals surface area contributed by atoms with Crippen LogP contribution in [0.2, 0.25) is 0 Å². The zero-order chi connectivity index (χ0) is 14.9. The number of hydrogen-bond donors (Lipinski definition) is 0. The maximum absolute atomic E-state index is 5.20. The first-order valence-corrected chi connectivity index (χ1v) is 9.04. The molecule has 1 aliphatic rings. The fourth-order valence-electron chi connectivity index (χ4n) is 2.46. The Bertz CT molecular complexity index is 824. The Morgan fingerprint density at radius 3 is 2.59 bits per heavy atom. The van der Waals surface area contributed by atoms with Gasteiger partial charge in [0.1, 0.15) is 5.75 Å². The smallest absolute Gasteiger partial charge is 0.190 e. The molecule has 5 heteroatoms. The maximum atomic E-state index is 5.20. The van der Waals surface area contributed by atoms with Crippen LogP contribution in [0.25, 0.3) is 10.6 Å². The third-order valence-corrected chi connectivity index (χ3v) is 5.46. The lowest BCUT2D eigenvalue weighted by Crippen LogP contribution is -2.13. The van der Waals surface area contributed by atoms with Crippen LogP contribution in [0.3, 0.4) is 0 Å². The fourth-order valence-corrected chi connectivity index (χ4v) is 4.25. The van der Waals surface area contributed by atoms with Crippen LogP contribution in [-0.2, 0) is 0 Å². The van der Waals surface area contributed by atoms with E-state index in [-0.39, 0.29) is 0 Å². The molecule has 0 saturated heterocycles. The average Bonchev–Trinajstić information content (AvgIpc) is 3.08. The first-order chi connectivity index (χ1) is 10.8. The van der Waals surface area contributed by atoms with E-state index in [2.05, 4.69) is 27.5 Å². The summed E-state index contributed by atoms with van der Waals surface area (Å²) in [5.41, 5.74) is 2.27. The summed E-state index contributed by atoms with van der Waals surface area (Å²) in [6, 6.07) is 12.8. The van der Waals surface area contributed by atoms with Gasteiger partial charge in [0.05, 0.1) is 23.4 Å². The van der Waals surface area contributed by atoms with Crippen molar-refractivity contribution in [2.75, 3.05) is 7.11 Å². The highest BCUT2D eigenvalue weighted by molar-refractivity contribution is 7.14. The molecule has 0 bridgehead atoms. The van der Waals surface area contributed by atoms with Crippen molar-refractivity contribution in [3.05, 3.63) is 52.0 Å². The second kappa shape index (κ2) is 5.74. The monoisotopic (exact) mass is 328 g/mol. The number of rotatable bonds is 4. The van der Waals surface area contributed by atoms with Crippen LogP contribution < -0.4 is 9.54 Å². The number of methoxy groups -OCH3 is 1. The van der Waals surface area contributed by atoms with E-state index in [1.807, 2.05) is 24.3 Å². The van der Waals surface area contributed by atoms with Crippen LogP contribution in [0.4, 0.5) is 5.69 Å². The normalized spacial score (nSPS) is 15.2. The van der Waals surface area contributed by atoms with Crippen molar-refractivity contribution in [3.8, 4) is 16.3 Å². The second-order valence-electron chi connectivity index (χ2n) is 5.29. The molecule has 1 aliphatic carbocycles. The minimum atomic E-state index is 0.611. The summed E-state index contributed by atoms with van der Waals surface area (Å²) in [6.07, 6.45) is 2.51. The minimum absolute atomic E-state index is 0.611. The summed E-state index contributed by atoms with van der Waals surface area (Å²) in [5, 5.41) is 4.36. The van der Waals surface area contributed by atoms with Crippen LogP contribution in [-0.4, -0.2) is 11.7 Å². The molecule has 0 spiro atoms. The largest absolute Gasteiger partial charge is 0.497 e. The fraction of sp³-hybridized carbons (Fsp3) is 0.235. The van der Waals surface area contributed by atoms with Gasteiger partial charge >= 0.3 is 0 Å². The van der Waals surface area contributed by atoms with Gasteiger partial charge in [-0.2, -0.15) is 0 Å². The number of aromatic nitrogens is 1. The van der Waals surface area contributed by atoms with E-state index >= 15 is 0 Å². The molecule has 1 aromatic carbocycles. The van der Waals surface area contributed by atoms with Crippen molar-refractivity contribution < 1.29 is 4.74 Å². The molecule has 1 saturated carbocycles. The number of thiazole rings is 1. The van der Waals surface area contributed by atoms with Crippen molar-refractivity contribution >= 4 is 28.4 Å². The SMILES string of the molecule is COc1ccc(N=c2scc(-c3cccs3)n2C2CC2)cc1. The molecule has 112 valence electrons. The molecule has 0 atom stereocenters. The minimum Gasteiger partial charge on any atom is -0.497 e. The van der Waals surface area contributed by atoms with E-state index in [1.165, 1.54) is 23.4 Å². The molecular formula is C17H16N2OS2. The van der Waals surface area contributed by atoms with Crippen molar-refractivity contribution in [2.24, 2.45) is 4.99 Å². The summed E-state index contributed by atoms with van der Waals surface area (Å²) in [7, 11) is 1.68. The van der Waals surface area contributed by atoms with E-state index in [1.54, 1.807) is 29.8 Å². The molecule has 2 aromatic heterocycles. The van der Waals surface area contributed by atoms with Crippen LogP contribution in [0, 0.1) is 0 Å². The number of hydrogen-bond acceptors (Lipinski definition) is 4. The van der Waals surface area contributed by atoms with Crippen molar-refractivity contribution in [1.82, 2.24) is 4.57 Å². The summed E-state index contributed by atoms with van der Waals surface area (Å²) in [6.45, 7) is 0. The lowest BCUT2D eigenvalue weighted by Gasteiger charge is -2.05. The Kier molecular flexibility index (Phi) is 3.60. The number of nitrogens with zero attached hydrogens (tertiary/aromatic N) is 2. The lowest BCUT2D eigenvalue weighted by atomic mass is 10.3. The molecule has 0 radical (unpaired) electrons. The summed E-state index contributed by atoms with van der Waals surface area (Å²) in [4.78, 5) is 7.24. The third kappa shape index (κ3) is 2.62. The molecule has 4 rings (SSSR count). The van der Waals surface area contributed by atoms with Gasteiger partial charge in [-0.3, -0.25) is 0 Å². The third-order valence-electron chi connectivity index (χ3n) is 3.72. The van der Waals surface area contributed by atoms with E-state index in [4.69, 9.17) is 9.73 Å². The highest BCUT2D eigenvalue weighted by atomic mass is 32.1. The molecule has 0 N–H and O–H groups in total. The standard InChI is InChI=1S/C17H16N2OS2/c1-20-14-8-4-12(5-9-14)18-17-19(13-6-7-13)15(11-22-17)16-3-2-10-21-16/h2-5,8-11,13H,6-7H2,1H3. The highest BCUT2D eigenvalue weighted by Gasteiger charge is 2.27. The predicted molar refractivity (Wildman–Crippen MR) is 92.1 cm³/mol. The van der Waals surface area contributed by atoms with Gasteiger partial charge in [0.15, 0.2) is 4.80 Å². The van der Waals surface area contributed by atoms with Gasteiger partial charge in [-0.15, -0.1) is 22.7 Å². The van der Waals surface area contributed by atoms with Gasteiger partial charge in [0, 0.05) is 11.4 Å². The quantitative estimate of drug-likeness (QED) is 0.672. The first-order valence-electron chi connectivity index (χ1n) is 7.28. The highest BCUT2D eigenvalue weighted by Crippen LogP contribution is 2.39. The van der Waals surface area contributed by atoms with Crippen LogP contribution in [0.5, 0.6) is 5.75 Å². The Hall–Kier alpha value is -1.85. The van der Waals surface area contributed by atoms with Gasteiger partial charge < -0.3 is 9.30 Å². The van der Waals surface area contributed by atoms with Crippen molar-refractivity contribution in [1.29, 1.82) is 0 Å². The predicted octanol–water partition coefficient (Wildman–Crippen LogP) is 4.85. The summed E-state index contributed by atoms with van der Waals surface area (Å²) in [5.74, 6) is 0.861. The lowest BCUT2D eigenvalue weighted by molar-refractivity contribution is 0.415. The van der Waals surface area contributed by atoms with E-state index in [0.29, 0.717) is 6.04 Å². The summed E-state index contributed by atoms with van der Waals surface area (Å²) >= 11 is 3.51. The Labute approximate surface area is 137 Å². The molecule has 22 heavy (non-hydrogen) atoms. The van der Waals surface area contributed by atoms with E-state index in [0.717, 1.165) is 16.2 Å². The average molecular weight is 328 g/mol. The topological polar surface area (TPSA) is 26.5 Å². The molecule has 0 aliphatic heterocycles. The van der Waals surface area contributed by atoms with E-state index in [9.17, 15) is 0 Å². The molecular weight excluding hydrogens is 312 g/mol. The van der Waals surface area contributed by atoms with Crippen LogP contribution in [0.15, 0.2) is 52.2 Å². The van der Waals surface area contributed by atoms with E-state index < -0.39 is 0 Å². The molecule has 0 unspecified atom stereocenters. The summed E-state index contributed by atoms with van der Waals surface area (Å²) < 4.78 is 7.61. The first kappa shape index (κ1) is 13.8. The maximum Gasteiger partial charge on any atom is 0.190 e. The van der Waals surface area contributed by atoms with Crippen molar-refractivity contribution in [3.63, 3.8) is 0 Å². The zero-order valence-corrected chi connectivity index (χ0v) is 13.9.